The number of carbonyl (C=O) groups excluding carboxylic acids is 1. The Balaban J connectivity index is 1.95. The van der Waals surface area contributed by atoms with Crippen LogP contribution in [0.1, 0.15) is 5.56 Å². The van der Waals surface area contributed by atoms with Gasteiger partial charge in [0.1, 0.15) is 5.75 Å². The molecular weight excluding hydrogens is 348 g/mol. The number of hydrogen-bond donors (Lipinski definition) is 0. The van der Waals surface area contributed by atoms with Crippen molar-refractivity contribution < 1.29 is 14.3 Å². The van der Waals surface area contributed by atoms with Gasteiger partial charge in [0.05, 0.1) is 30.9 Å². The molecule has 1 saturated heterocycles. The Morgan fingerprint density at radius 3 is 2.54 bits per heavy atom. The van der Waals surface area contributed by atoms with Crippen LogP contribution in [0.5, 0.6) is 5.75 Å². The van der Waals surface area contributed by atoms with Crippen molar-refractivity contribution in [3.05, 3.63) is 65.1 Å². The predicted octanol–water partition coefficient (Wildman–Crippen LogP) is 3.95. The summed E-state index contributed by atoms with van der Waals surface area (Å²) in [5, 5.41) is 0.652. The number of methoxy groups -OCH3 is 2. The fourth-order valence-corrected chi connectivity index (χ4v) is 3.53. The first-order valence-corrected chi connectivity index (χ1v) is 9.01. The molecule has 0 atom stereocenters. The molecule has 1 aliphatic heterocycles. The molecular formula is C20H20N2O3S. The summed E-state index contributed by atoms with van der Waals surface area (Å²) in [6.45, 7) is 0.902. The molecule has 2 aromatic rings. The Labute approximate surface area is 157 Å². The molecule has 0 bridgehead atoms. The van der Waals surface area contributed by atoms with E-state index in [-0.39, 0.29) is 5.91 Å². The van der Waals surface area contributed by atoms with Crippen LogP contribution in [-0.2, 0) is 9.53 Å². The number of amidine groups is 1. The van der Waals surface area contributed by atoms with Gasteiger partial charge < -0.3 is 9.47 Å². The van der Waals surface area contributed by atoms with Crippen molar-refractivity contribution in [2.24, 2.45) is 4.99 Å². The van der Waals surface area contributed by atoms with Crippen LogP contribution in [0.3, 0.4) is 0 Å². The van der Waals surface area contributed by atoms with Crippen molar-refractivity contribution in [1.29, 1.82) is 0 Å². The number of benzene rings is 2. The third-order valence-electron chi connectivity index (χ3n) is 3.81. The van der Waals surface area contributed by atoms with Crippen LogP contribution in [0.4, 0.5) is 5.69 Å². The molecule has 0 aromatic heterocycles. The lowest BCUT2D eigenvalue weighted by Crippen LogP contribution is -2.32. The summed E-state index contributed by atoms with van der Waals surface area (Å²) in [6, 6.07) is 17.2. The largest absolute Gasteiger partial charge is 0.496 e. The smallest absolute Gasteiger partial charge is 0.266 e. The van der Waals surface area contributed by atoms with Gasteiger partial charge in [-0.2, -0.15) is 0 Å². The average Bonchev–Trinajstić information content (AvgIpc) is 2.96. The second-order valence-corrected chi connectivity index (χ2v) is 6.54. The highest BCUT2D eigenvalue weighted by molar-refractivity contribution is 8.18. The molecule has 0 N–H and O–H groups in total. The molecule has 2 aromatic carbocycles. The molecule has 5 nitrogen and oxygen atoms in total. The van der Waals surface area contributed by atoms with Gasteiger partial charge in [0.15, 0.2) is 5.17 Å². The molecule has 0 spiro atoms. The fraction of sp³-hybridized carbons (Fsp3) is 0.200. The van der Waals surface area contributed by atoms with E-state index in [1.165, 1.54) is 11.8 Å². The fourth-order valence-electron chi connectivity index (χ4n) is 2.51. The molecule has 0 unspecified atom stereocenters. The average molecular weight is 368 g/mol. The number of carbonyl (C=O) groups is 1. The molecule has 0 aliphatic carbocycles. The second-order valence-electron chi connectivity index (χ2n) is 5.53. The zero-order chi connectivity index (χ0) is 18.4. The Morgan fingerprint density at radius 2 is 1.81 bits per heavy atom. The Morgan fingerprint density at radius 1 is 1.08 bits per heavy atom. The molecule has 0 saturated carbocycles. The lowest BCUT2D eigenvalue weighted by Gasteiger charge is -2.14. The number of rotatable bonds is 6. The normalized spacial score (nSPS) is 17.3. The summed E-state index contributed by atoms with van der Waals surface area (Å²) in [5.41, 5.74) is 1.67. The highest BCUT2D eigenvalue weighted by Crippen LogP contribution is 2.35. The van der Waals surface area contributed by atoms with Crippen LogP contribution >= 0.6 is 11.8 Å². The van der Waals surface area contributed by atoms with Crippen molar-refractivity contribution in [2.45, 2.75) is 0 Å². The standard InChI is InChI=1S/C20H20N2O3S/c1-24-13-12-22-19(23)18(14-15-8-6-7-11-17(15)25-2)26-20(22)21-16-9-4-3-5-10-16/h3-11,14H,12-13H2,1-2H3/b18-14-,21-20?. The van der Waals surface area contributed by atoms with Gasteiger partial charge in [-0.25, -0.2) is 4.99 Å². The topological polar surface area (TPSA) is 51.1 Å². The van der Waals surface area contributed by atoms with Gasteiger partial charge in [0.2, 0.25) is 0 Å². The van der Waals surface area contributed by atoms with E-state index in [1.54, 1.807) is 19.1 Å². The zero-order valence-corrected chi connectivity index (χ0v) is 15.5. The minimum absolute atomic E-state index is 0.0763. The van der Waals surface area contributed by atoms with Gasteiger partial charge in [-0.05, 0) is 36.0 Å². The summed E-state index contributed by atoms with van der Waals surface area (Å²) in [5.74, 6) is 0.651. The number of ether oxygens (including phenoxy) is 2. The molecule has 134 valence electrons. The maximum Gasteiger partial charge on any atom is 0.266 e. The van der Waals surface area contributed by atoms with Crippen molar-refractivity contribution >= 4 is 34.6 Å². The summed E-state index contributed by atoms with van der Waals surface area (Å²) >= 11 is 1.36. The minimum atomic E-state index is -0.0763. The van der Waals surface area contributed by atoms with E-state index in [1.807, 2.05) is 60.7 Å². The highest BCUT2D eigenvalue weighted by atomic mass is 32.2. The summed E-state index contributed by atoms with van der Waals surface area (Å²) < 4.78 is 10.5. The molecule has 1 amide bonds. The first-order valence-electron chi connectivity index (χ1n) is 8.20. The van der Waals surface area contributed by atoms with Crippen LogP contribution in [0.15, 0.2) is 64.5 Å². The molecule has 0 radical (unpaired) electrons. The third kappa shape index (κ3) is 4.15. The predicted molar refractivity (Wildman–Crippen MR) is 106 cm³/mol. The number of nitrogens with zero attached hydrogens (tertiary/aromatic N) is 2. The monoisotopic (exact) mass is 368 g/mol. The number of aliphatic imine (C=N–C) groups is 1. The van der Waals surface area contributed by atoms with Crippen LogP contribution in [0.2, 0.25) is 0 Å². The van der Waals surface area contributed by atoms with Crippen LogP contribution in [0.25, 0.3) is 6.08 Å². The maximum atomic E-state index is 12.9. The van der Waals surface area contributed by atoms with E-state index in [2.05, 4.69) is 4.99 Å². The number of amides is 1. The zero-order valence-electron chi connectivity index (χ0n) is 14.7. The highest BCUT2D eigenvalue weighted by Gasteiger charge is 2.33. The molecule has 1 heterocycles. The SMILES string of the molecule is COCCN1C(=O)/C(=C/c2ccccc2OC)SC1=Nc1ccccc1. The number of hydrogen-bond acceptors (Lipinski definition) is 5. The molecule has 1 aliphatic rings. The van der Waals surface area contributed by atoms with Gasteiger partial charge in [-0.3, -0.25) is 9.69 Å². The van der Waals surface area contributed by atoms with Crippen molar-refractivity contribution in [3.8, 4) is 5.75 Å². The van der Waals surface area contributed by atoms with E-state index in [4.69, 9.17) is 9.47 Å². The minimum Gasteiger partial charge on any atom is -0.496 e. The first kappa shape index (κ1) is 18.2. The van der Waals surface area contributed by atoms with Crippen molar-refractivity contribution in [1.82, 2.24) is 4.90 Å². The lowest BCUT2D eigenvalue weighted by atomic mass is 10.2. The van der Waals surface area contributed by atoms with E-state index in [9.17, 15) is 4.79 Å². The Kier molecular flexibility index (Phi) is 6.09. The number of thioether (sulfide) groups is 1. The van der Waals surface area contributed by atoms with Gasteiger partial charge in [-0.15, -0.1) is 0 Å². The lowest BCUT2D eigenvalue weighted by molar-refractivity contribution is -0.122. The van der Waals surface area contributed by atoms with E-state index < -0.39 is 0 Å². The third-order valence-corrected chi connectivity index (χ3v) is 4.82. The van der Waals surface area contributed by atoms with Crippen LogP contribution in [0, 0.1) is 0 Å². The molecule has 1 fully saturated rings. The number of para-hydroxylation sites is 2. The van der Waals surface area contributed by atoms with E-state index >= 15 is 0 Å². The Bertz CT molecular complexity index is 834. The summed E-state index contributed by atoms with van der Waals surface area (Å²) in [6.07, 6.45) is 1.85. The van der Waals surface area contributed by atoms with Gasteiger partial charge >= 0.3 is 0 Å². The first-order chi connectivity index (χ1) is 12.7. The van der Waals surface area contributed by atoms with Gasteiger partial charge in [0.25, 0.3) is 5.91 Å². The molecule has 3 rings (SSSR count). The van der Waals surface area contributed by atoms with E-state index in [0.29, 0.717) is 23.2 Å². The van der Waals surface area contributed by atoms with Crippen LogP contribution < -0.4 is 4.74 Å². The molecule has 6 heteroatoms. The quantitative estimate of drug-likeness (QED) is 0.725. The maximum absolute atomic E-state index is 12.9. The second kappa shape index (κ2) is 8.69. The Hall–Kier alpha value is -2.57. The van der Waals surface area contributed by atoms with Gasteiger partial charge in [0, 0.05) is 12.7 Å². The van der Waals surface area contributed by atoms with Crippen molar-refractivity contribution in [2.75, 3.05) is 27.4 Å². The molecule has 26 heavy (non-hydrogen) atoms. The van der Waals surface area contributed by atoms with Crippen LogP contribution in [-0.4, -0.2) is 43.3 Å². The summed E-state index contributed by atoms with van der Waals surface area (Å²) in [7, 11) is 3.24. The van der Waals surface area contributed by atoms with E-state index in [0.717, 1.165) is 17.0 Å². The van der Waals surface area contributed by atoms with Crippen molar-refractivity contribution in [3.63, 3.8) is 0 Å². The van der Waals surface area contributed by atoms with Gasteiger partial charge in [-0.1, -0.05) is 36.4 Å². The summed E-state index contributed by atoms with van der Waals surface area (Å²) in [4.78, 5) is 19.8.